The molecule has 128 valence electrons. The summed E-state index contributed by atoms with van der Waals surface area (Å²) in [5.41, 5.74) is 1.27. The van der Waals surface area contributed by atoms with Crippen LogP contribution in [0.1, 0.15) is 38.2 Å². The van der Waals surface area contributed by atoms with E-state index >= 15 is 0 Å². The van der Waals surface area contributed by atoms with Crippen molar-refractivity contribution in [2.24, 2.45) is 0 Å². The summed E-state index contributed by atoms with van der Waals surface area (Å²) in [5.74, 6) is 2.12. The Kier molecular flexibility index (Phi) is 7.76. The Labute approximate surface area is 143 Å². The molecule has 1 aromatic carbocycles. The third-order valence-corrected chi connectivity index (χ3v) is 5.25. The van der Waals surface area contributed by atoms with Gasteiger partial charge < -0.3 is 14.8 Å². The van der Waals surface area contributed by atoms with E-state index in [1.165, 1.54) is 5.56 Å². The van der Waals surface area contributed by atoms with E-state index < -0.39 is 0 Å². The molecule has 0 spiro atoms. The van der Waals surface area contributed by atoms with Gasteiger partial charge in [0.1, 0.15) is 5.75 Å². The van der Waals surface area contributed by atoms with E-state index in [1.807, 2.05) is 36.0 Å². The van der Waals surface area contributed by atoms with Crippen molar-refractivity contribution in [3.8, 4) is 5.75 Å². The number of hydrogen-bond acceptors (Lipinski definition) is 4. The number of rotatable bonds is 8. The lowest BCUT2D eigenvalue weighted by Crippen LogP contribution is -2.31. The standard InChI is InChI=1S/C18H27NO3S/c1-14(2)15-3-5-16(6-4-15)22-13-18(20)19-9-12-23-17-7-10-21-11-8-17/h3-6,14,17H,7-13H2,1-2H3,(H,19,20). The summed E-state index contributed by atoms with van der Waals surface area (Å²) in [6.07, 6.45) is 2.24. The van der Waals surface area contributed by atoms with Crippen LogP contribution < -0.4 is 10.1 Å². The van der Waals surface area contributed by atoms with Crippen LogP contribution in [0.5, 0.6) is 5.75 Å². The van der Waals surface area contributed by atoms with Gasteiger partial charge in [0.2, 0.25) is 0 Å². The molecular formula is C18H27NO3S. The zero-order valence-corrected chi connectivity index (χ0v) is 14.9. The van der Waals surface area contributed by atoms with Gasteiger partial charge in [-0.3, -0.25) is 4.79 Å². The molecule has 0 saturated carbocycles. The molecule has 0 atom stereocenters. The van der Waals surface area contributed by atoms with Crippen molar-refractivity contribution in [3.05, 3.63) is 29.8 Å². The number of carbonyl (C=O) groups excluding carboxylic acids is 1. The Morgan fingerprint density at radius 2 is 2.00 bits per heavy atom. The van der Waals surface area contributed by atoms with Crippen molar-refractivity contribution in [3.63, 3.8) is 0 Å². The van der Waals surface area contributed by atoms with Crippen LogP contribution >= 0.6 is 11.8 Å². The summed E-state index contributed by atoms with van der Waals surface area (Å²) in [7, 11) is 0. The minimum atomic E-state index is -0.0643. The van der Waals surface area contributed by atoms with Crippen LogP contribution in [-0.2, 0) is 9.53 Å². The van der Waals surface area contributed by atoms with Crippen molar-refractivity contribution < 1.29 is 14.3 Å². The summed E-state index contributed by atoms with van der Waals surface area (Å²) < 4.78 is 10.9. The van der Waals surface area contributed by atoms with E-state index in [-0.39, 0.29) is 12.5 Å². The normalized spacial score (nSPS) is 15.6. The first kappa shape index (κ1) is 18.1. The van der Waals surface area contributed by atoms with E-state index in [9.17, 15) is 4.79 Å². The van der Waals surface area contributed by atoms with Crippen LogP contribution in [0.3, 0.4) is 0 Å². The predicted octanol–water partition coefficient (Wildman–Crippen LogP) is 3.22. The average Bonchev–Trinajstić information content (AvgIpc) is 2.58. The molecule has 1 aromatic rings. The minimum Gasteiger partial charge on any atom is -0.484 e. The number of amides is 1. The van der Waals surface area contributed by atoms with Gasteiger partial charge in [0, 0.05) is 30.8 Å². The molecule has 23 heavy (non-hydrogen) atoms. The van der Waals surface area contributed by atoms with E-state index in [1.54, 1.807) is 0 Å². The first-order valence-corrected chi connectivity index (χ1v) is 9.39. The molecule has 0 aromatic heterocycles. The fourth-order valence-electron chi connectivity index (χ4n) is 2.41. The van der Waals surface area contributed by atoms with Crippen LogP contribution in [-0.4, -0.2) is 43.3 Å². The van der Waals surface area contributed by atoms with Gasteiger partial charge in [-0.15, -0.1) is 0 Å². The molecule has 1 aliphatic rings. The quantitative estimate of drug-likeness (QED) is 0.740. The molecule has 0 unspecified atom stereocenters. The number of nitrogens with one attached hydrogen (secondary N) is 1. The van der Waals surface area contributed by atoms with Crippen molar-refractivity contribution >= 4 is 17.7 Å². The molecule has 0 radical (unpaired) electrons. The van der Waals surface area contributed by atoms with E-state index in [4.69, 9.17) is 9.47 Å². The lowest BCUT2D eigenvalue weighted by molar-refractivity contribution is -0.122. The number of ether oxygens (including phenoxy) is 2. The molecular weight excluding hydrogens is 310 g/mol. The number of carbonyl (C=O) groups is 1. The minimum absolute atomic E-state index is 0.0643. The Bertz CT molecular complexity index is 470. The zero-order valence-electron chi connectivity index (χ0n) is 14.0. The molecule has 5 heteroatoms. The number of hydrogen-bond donors (Lipinski definition) is 1. The summed E-state index contributed by atoms with van der Waals surface area (Å²) in [6.45, 7) is 6.81. The average molecular weight is 337 g/mol. The van der Waals surface area contributed by atoms with Gasteiger partial charge in [-0.05, 0) is 36.5 Å². The monoisotopic (exact) mass is 337 g/mol. The van der Waals surface area contributed by atoms with E-state index in [0.717, 1.165) is 37.6 Å². The van der Waals surface area contributed by atoms with Crippen LogP contribution in [0.15, 0.2) is 24.3 Å². The van der Waals surface area contributed by atoms with Gasteiger partial charge in [0.05, 0.1) is 0 Å². The van der Waals surface area contributed by atoms with Crippen molar-refractivity contribution in [2.45, 2.75) is 37.9 Å². The van der Waals surface area contributed by atoms with Crippen LogP contribution in [0.25, 0.3) is 0 Å². The molecule has 0 bridgehead atoms. The van der Waals surface area contributed by atoms with Gasteiger partial charge in [0.15, 0.2) is 6.61 Å². The zero-order chi connectivity index (χ0) is 16.5. The fraction of sp³-hybridized carbons (Fsp3) is 0.611. The van der Waals surface area contributed by atoms with E-state index in [0.29, 0.717) is 17.7 Å². The van der Waals surface area contributed by atoms with Gasteiger partial charge in [-0.1, -0.05) is 26.0 Å². The Balaban J connectivity index is 1.57. The Morgan fingerprint density at radius 1 is 1.30 bits per heavy atom. The molecule has 1 N–H and O–H groups in total. The predicted molar refractivity (Wildman–Crippen MR) is 95.3 cm³/mol. The fourth-order valence-corrected chi connectivity index (χ4v) is 3.49. The summed E-state index contributed by atoms with van der Waals surface area (Å²) >= 11 is 1.92. The van der Waals surface area contributed by atoms with Crippen LogP contribution in [0, 0.1) is 0 Å². The second-order valence-electron chi connectivity index (χ2n) is 6.04. The SMILES string of the molecule is CC(C)c1ccc(OCC(=O)NCCSC2CCOCC2)cc1. The molecule has 1 aliphatic heterocycles. The van der Waals surface area contributed by atoms with Gasteiger partial charge in [0.25, 0.3) is 5.91 Å². The largest absolute Gasteiger partial charge is 0.484 e. The summed E-state index contributed by atoms with van der Waals surface area (Å²) in [6, 6.07) is 7.93. The highest BCUT2D eigenvalue weighted by atomic mass is 32.2. The first-order valence-electron chi connectivity index (χ1n) is 8.34. The van der Waals surface area contributed by atoms with Gasteiger partial charge >= 0.3 is 0 Å². The number of benzene rings is 1. The lowest BCUT2D eigenvalue weighted by atomic mass is 10.0. The van der Waals surface area contributed by atoms with Gasteiger partial charge in [-0.25, -0.2) is 0 Å². The molecule has 1 fully saturated rings. The Hall–Kier alpha value is -1.20. The molecule has 0 aliphatic carbocycles. The van der Waals surface area contributed by atoms with Crippen molar-refractivity contribution in [2.75, 3.05) is 32.1 Å². The smallest absolute Gasteiger partial charge is 0.257 e. The number of thioether (sulfide) groups is 1. The lowest BCUT2D eigenvalue weighted by Gasteiger charge is -2.21. The molecule has 2 rings (SSSR count). The van der Waals surface area contributed by atoms with Crippen molar-refractivity contribution in [1.82, 2.24) is 5.32 Å². The third kappa shape index (κ3) is 6.83. The van der Waals surface area contributed by atoms with Gasteiger partial charge in [-0.2, -0.15) is 11.8 Å². The highest BCUT2D eigenvalue weighted by Crippen LogP contribution is 2.21. The summed E-state index contributed by atoms with van der Waals surface area (Å²) in [4.78, 5) is 11.8. The maximum atomic E-state index is 11.8. The topological polar surface area (TPSA) is 47.6 Å². The van der Waals surface area contributed by atoms with E-state index in [2.05, 4.69) is 19.2 Å². The second-order valence-corrected chi connectivity index (χ2v) is 7.45. The van der Waals surface area contributed by atoms with Crippen LogP contribution in [0.4, 0.5) is 0 Å². The Morgan fingerprint density at radius 3 is 2.65 bits per heavy atom. The highest BCUT2D eigenvalue weighted by molar-refractivity contribution is 7.99. The molecule has 1 heterocycles. The highest BCUT2D eigenvalue weighted by Gasteiger charge is 2.13. The first-order chi connectivity index (χ1) is 11.1. The van der Waals surface area contributed by atoms with Crippen molar-refractivity contribution in [1.29, 1.82) is 0 Å². The molecule has 4 nitrogen and oxygen atoms in total. The maximum absolute atomic E-state index is 11.8. The molecule has 1 amide bonds. The third-order valence-electron chi connectivity index (χ3n) is 3.86. The summed E-state index contributed by atoms with van der Waals surface area (Å²) in [5, 5.41) is 3.58. The maximum Gasteiger partial charge on any atom is 0.257 e. The second kappa shape index (κ2) is 9.83. The van der Waals surface area contributed by atoms with Crippen LogP contribution in [0.2, 0.25) is 0 Å². The molecule has 1 saturated heterocycles.